The van der Waals surface area contributed by atoms with Crippen molar-refractivity contribution in [3.63, 3.8) is 0 Å². The summed E-state index contributed by atoms with van der Waals surface area (Å²) in [6.07, 6.45) is 3.75. The number of rotatable bonds is 6. The standard InChI is InChI=1S/C10H19NO2/c1-3-4-8-5-9(8)11-6-7(2)10(12)13/h7-9,11H,3-6H2,1-2H3,(H,12,13). The summed E-state index contributed by atoms with van der Waals surface area (Å²) in [5.74, 6) is -0.158. The van der Waals surface area contributed by atoms with E-state index >= 15 is 0 Å². The average Bonchev–Trinajstić information content (AvgIpc) is 2.80. The van der Waals surface area contributed by atoms with Gasteiger partial charge in [0.25, 0.3) is 0 Å². The highest BCUT2D eigenvalue weighted by Crippen LogP contribution is 2.34. The molecule has 3 nitrogen and oxygen atoms in total. The van der Waals surface area contributed by atoms with E-state index in [1.807, 2.05) is 0 Å². The van der Waals surface area contributed by atoms with Gasteiger partial charge in [-0.3, -0.25) is 4.79 Å². The van der Waals surface area contributed by atoms with Crippen LogP contribution in [0.2, 0.25) is 0 Å². The van der Waals surface area contributed by atoms with E-state index < -0.39 is 5.97 Å². The van der Waals surface area contributed by atoms with Crippen molar-refractivity contribution in [2.75, 3.05) is 6.54 Å². The number of nitrogens with one attached hydrogen (secondary N) is 1. The summed E-state index contributed by atoms with van der Waals surface area (Å²) in [6.45, 7) is 4.54. The number of hydrogen-bond acceptors (Lipinski definition) is 2. The fourth-order valence-electron chi connectivity index (χ4n) is 1.60. The van der Waals surface area contributed by atoms with Crippen molar-refractivity contribution in [3.8, 4) is 0 Å². The Balaban J connectivity index is 2.05. The van der Waals surface area contributed by atoms with E-state index in [-0.39, 0.29) is 5.92 Å². The molecule has 0 saturated heterocycles. The maximum Gasteiger partial charge on any atom is 0.307 e. The molecule has 0 aliphatic heterocycles. The van der Waals surface area contributed by atoms with Crippen LogP contribution in [0.4, 0.5) is 0 Å². The lowest BCUT2D eigenvalue weighted by molar-refractivity contribution is -0.140. The minimum atomic E-state index is -0.708. The highest BCUT2D eigenvalue weighted by molar-refractivity contribution is 5.69. The molecule has 0 radical (unpaired) electrons. The average molecular weight is 185 g/mol. The molecule has 0 amide bonds. The largest absolute Gasteiger partial charge is 0.481 e. The molecule has 76 valence electrons. The topological polar surface area (TPSA) is 49.3 Å². The predicted octanol–water partition coefficient (Wildman–Crippen LogP) is 1.49. The van der Waals surface area contributed by atoms with Crippen LogP contribution >= 0.6 is 0 Å². The van der Waals surface area contributed by atoms with Gasteiger partial charge in [0.15, 0.2) is 0 Å². The van der Waals surface area contributed by atoms with Crippen molar-refractivity contribution in [2.45, 2.75) is 39.2 Å². The maximum atomic E-state index is 10.5. The van der Waals surface area contributed by atoms with Gasteiger partial charge >= 0.3 is 5.97 Å². The minimum absolute atomic E-state index is 0.261. The van der Waals surface area contributed by atoms with Crippen LogP contribution in [0.25, 0.3) is 0 Å². The highest BCUT2D eigenvalue weighted by Gasteiger charge is 2.35. The molecule has 0 heterocycles. The van der Waals surface area contributed by atoms with Crippen LogP contribution in [0.1, 0.15) is 33.1 Å². The summed E-state index contributed by atoms with van der Waals surface area (Å²) in [6, 6.07) is 0.599. The molecule has 1 aliphatic carbocycles. The molecular formula is C10H19NO2. The molecule has 1 aliphatic rings. The first-order valence-corrected chi connectivity index (χ1v) is 5.11. The Morgan fingerprint density at radius 3 is 2.92 bits per heavy atom. The maximum absolute atomic E-state index is 10.5. The third-order valence-electron chi connectivity index (χ3n) is 2.69. The number of aliphatic carboxylic acids is 1. The third-order valence-corrected chi connectivity index (χ3v) is 2.69. The van der Waals surface area contributed by atoms with Crippen molar-refractivity contribution in [1.82, 2.24) is 5.32 Å². The van der Waals surface area contributed by atoms with Crippen LogP contribution in [0.5, 0.6) is 0 Å². The molecule has 1 saturated carbocycles. The Kier molecular flexibility index (Phi) is 3.72. The van der Waals surface area contributed by atoms with Crippen LogP contribution in [-0.2, 0) is 4.79 Å². The normalized spacial score (nSPS) is 28.5. The van der Waals surface area contributed by atoms with E-state index in [4.69, 9.17) is 5.11 Å². The van der Waals surface area contributed by atoms with Crippen LogP contribution in [-0.4, -0.2) is 23.7 Å². The van der Waals surface area contributed by atoms with Gasteiger partial charge in [-0.1, -0.05) is 20.3 Å². The Labute approximate surface area is 79.5 Å². The Bertz CT molecular complexity index is 182. The van der Waals surface area contributed by atoms with Gasteiger partial charge in [0.2, 0.25) is 0 Å². The third kappa shape index (κ3) is 3.35. The molecule has 3 unspecified atom stereocenters. The summed E-state index contributed by atoms with van der Waals surface area (Å²) in [5, 5.41) is 11.9. The van der Waals surface area contributed by atoms with Gasteiger partial charge in [0.1, 0.15) is 0 Å². The molecule has 0 bridgehead atoms. The van der Waals surface area contributed by atoms with Crippen molar-refractivity contribution in [1.29, 1.82) is 0 Å². The van der Waals surface area contributed by atoms with E-state index in [9.17, 15) is 4.79 Å². The number of carbonyl (C=O) groups is 1. The minimum Gasteiger partial charge on any atom is -0.481 e. The quantitative estimate of drug-likeness (QED) is 0.659. The number of carboxylic acid groups (broad SMARTS) is 1. The van der Waals surface area contributed by atoms with Gasteiger partial charge in [-0.05, 0) is 18.8 Å². The van der Waals surface area contributed by atoms with E-state index in [1.54, 1.807) is 6.92 Å². The van der Waals surface area contributed by atoms with Crippen LogP contribution in [0.15, 0.2) is 0 Å². The van der Waals surface area contributed by atoms with Gasteiger partial charge in [-0.25, -0.2) is 0 Å². The fourth-order valence-corrected chi connectivity index (χ4v) is 1.60. The molecule has 3 atom stereocenters. The predicted molar refractivity (Wildman–Crippen MR) is 51.6 cm³/mol. The van der Waals surface area contributed by atoms with Gasteiger partial charge in [0, 0.05) is 12.6 Å². The summed E-state index contributed by atoms with van der Waals surface area (Å²) >= 11 is 0. The van der Waals surface area contributed by atoms with E-state index in [2.05, 4.69) is 12.2 Å². The van der Waals surface area contributed by atoms with Gasteiger partial charge in [-0.2, -0.15) is 0 Å². The van der Waals surface area contributed by atoms with Gasteiger partial charge in [-0.15, -0.1) is 0 Å². The number of hydrogen-bond donors (Lipinski definition) is 2. The SMILES string of the molecule is CCCC1CC1NCC(C)C(=O)O. The van der Waals surface area contributed by atoms with E-state index in [0.717, 1.165) is 5.92 Å². The van der Waals surface area contributed by atoms with Crippen molar-refractivity contribution >= 4 is 5.97 Å². The molecule has 1 rings (SSSR count). The first-order chi connectivity index (χ1) is 6.15. The second-order valence-electron chi connectivity index (χ2n) is 4.04. The summed E-state index contributed by atoms with van der Waals surface area (Å²) < 4.78 is 0. The molecule has 3 heteroatoms. The Morgan fingerprint density at radius 2 is 2.38 bits per heavy atom. The molecule has 1 fully saturated rings. The zero-order valence-electron chi connectivity index (χ0n) is 8.42. The molecule has 13 heavy (non-hydrogen) atoms. The van der Waals surface area contributed by atoms with Crippen LogP contribution in [0.3, 0.4) is 0 Å². The van der Waals surface area contributed by atoms with E-state index in [0.29, 0.717) is 12.6 Å². The van der Waals surface area contributed by atoms with Crippen LogP contribution < -0.4 is 5.32 Å². The second kappa shape index (κ2) is 4.61. The van der Waals surface area contributed by atoms with Gasteiger partial charge < -0.3 is 10.4 Å². The van der Waals surface area contributed by atoms with Crippen molar-refractivity contribution in [2.24, 2.45) is 11.8 Å². The summed E-state index contributed by atoms with van der Waals surface area (Å²) in [5.41, 5.74) is 0. The monoisotopic (exact) mass is 185 g/mol. The molecule has 0 aromatic carbocycles. The zero-order valence-corrected chi connectivity index (χ0v) is 8.42. The van der Waals surface area contributed by atoms with Crippen molar-refractivity contribution in [3.05, 3.63) is 0 Å². The van der Waals surface area contributed by atoms with E-state index in [1.165, 1.54) is 19.3 Å². The first kappa shape index (κ1) is 10.5. The summed E-state index contributed by atoms with van der Waals surface area (Å²) in [4.78, 5) is 10.5. The number of carboxylic acids is 1. The lowest BCUT2D eigenvalue weighted by Gasteiger charge is -2.07. The summed E-state index contributed by atoms with van der Waals surface area (Å²) in [7, 11) is 0. The second-order valence-corrected chi connectivity index (χ2v) is 4.04. The lowest BCUT2D eigenvalue weighted by atomic mass is 10.2. The molecule has 2 N–H and O–H groups in total. The van der Waals surface area contributed by atoms with Crippen molar-refractivity contribution < 1.29 is 9.90 Å². The van der Waals surface area contributed by atoms with Crippen LogP contribution in [0, 0.1) is 11.8 Å². The molecule has 0 spiro atoms. The fraction of sp³-hybridized carbons (Fsp3) is 0.900. The lowest BCUT2D eigenvalue weighted by Crippen LogP contribution is -2.28. The first-order valence-electron chi connectivity index (χ1n) is 5.11. The van der Waals surface area contributed by atoms with Gasteiger partial charge in [0.05, 0.1) is 5.92 Å². The smallest absolute Gasteiger partial charge is 0.307 e. The Hall–Kier alpha value is -0.570. The Morgan fingerprint density at radius 1 is 1.69 bits per heavy atom. The molecule has 0 aromatic rings. The molecular weight excluding hydrogens is 166 g/mol. The molecule has 0 aromatic heterocycles. The highest BCUT2D eigenvalue weighted by atomic mass is 16.4. The zero-order chi connectivity index (χ0) is 9.84.